The summed E-state index contributed by atoms with van der Waals surface area (Å²) in [6, 6.07) is 28.7. The maximum absolute atomic E-state index is 12.5. The molecule has 178 valence electrons. The van der Waals surface area contributed by atoms with Crippen LogP contribution in [0.4, 0.5) is 10.6 Å². The maximum Gasteiger partial charge on any atom is 0.407 e. The van der Waals surface area contributed by atoms with Gasteiger partial charge >= 0.3 is 6.09 Å². The molecule has 1 unspecified atom stereocenters. The van der Waals surface area contributed by atoms with E-state index in [1.54, 1.807) is 7.11 Å². The molecule has 2 N–H and O–H groups in total. The second-order valence-corrected chi connectivity index (χ2v) is 8.03. The predicted octanol–water partition coefficient (Wildman–Crippen LogP) is 5.75. The summed E-state index contributed by atoms with van der Waals surface area (Å²) in [5.41, 5.74) is 4.47. The van der Waals surface area contributed by atoms with Crippen LogP contribution in [0.2, 0.25) is 0 Å². The molecule has 0 bridgehead atoms. The summed E-state index contributed by atoms with van der Waals surface area (Å²) in [6.45, 7) is 2.68. The van der Waals surface area contributed by atoms with Crippen molar-refractivity contribution in [2.75, 3.05) is 12.4 Å². The molecule has 0 saturated carbocycles. The summed E-state index contributed by atoms with van der Waals surface area (Å²) in [7, 11) is 1.64. The zero-order chi connectivity index (χ0) is 24.5. The van der Waals surface area contributed by atoms with Crippen molar-refractivity contribution in [2.45, 2.75) is 26.1 Å². The van der Waals surface area contributed by atoms with Crippen LogP contribution in [0.25, 0.3) is 11.3 Å². The normalized spacial score (nSPS) is 11.4. The van der Waals surface area contributed by atoms with Crippen LogP contribution in [0.5, 0.6) is 5.75 Å². The maximum atomic E-state index is 12.5. The Kier molecular flexibility index (Phi) is 7.91. The van der Waals surface area contributed by atoms with E-state index in [1.807, 2.05) is 97.9 Å². The first kappa shape index (κ1) is 23.8. The van der Waals surface area contributed by atoms with Crippen molar-refractivity contribution < 1.29 is 14.3 Å². The van der Waals surface area contributed by atoms with Gasteiger partial charge in [0.15, 0.2) is 0 Å². The van der Waals surface area contributed by atoms with Gasteiger partial charge in [0.2, 0.25) is 0 Å². The zero-order valence-electron chi connectivity index (χ0n) is 19.8. The predicted molar refractivity (Wildman–Crippen MR) is 136 cm³/mol. The number of anilines is 1. The van der Waals surface area contributed by atoms with E-state index < -0.39 is 6.09 Å². The average molecular weight is 469 g/mol. The molecule has 0 spiro atoms. The molecule has 0 fully saturated rings. The van der Waals surface area contributed by atoms with Gasteiger partial charge in [-0.1, -0.05) is 72.8 Å². The fraction of sp³-hybridized carbons (Fsp3) is 0.179. The number of hydrogen-bond donors (Lipinski definition) is 2. The van der Waals surface area contributed by atoms with Crippen molar-refractivity contribution in [3.8, 4) is 17.0 Å². The van der Waals surface area contributed by atoms with Crippen molar-refractivity contribution in [3.05, 3.63) is 108 Å². The average Bonchev–Trinajstić information content (AvgIpc) is 2.92. The Morgan fingerprint density at radius 2 is 1.57 bits per heavy atom. The van der Waals surface area contributed by atoms with Crippen molar-refractivity contribution in [1.29, 1.82) is 0 Å². The molecule has 1 amide bonds. The first-order chi connectivity index (χ1) is 17.1. The third-order valence-electron chi connectivity index (χ3n) is 5.52. The van der Waals surface area contributed by atoms with Gasteiger partial charge in [0, 0.05) is 17.7 Å². The molecule has 1 aromatic heterocycles. The SMILES string of the molecule is COc1ccc(CNc2cc(C(C)NC(=O)OCc3ccccc3)c(-c3ccccc3)nn2)cc1. The van der Waals surface area contributed by atoms with Gasteiger partial charge in [0.1, 0.15) is 18.2 Å². The minimum absolute atomic E-state index is 0.203. The topological polar surface area (TPSA) is 85.4 Å². The highest BCUT2D eigenvalue weighted by Crippen LogP contribution is 2.28. The Labute approximate surface area is 205 Å². The molecule has 3 aromatic carbocycles. The van der Waals surface area contributed by atoms with Gasteiger partial charge < -0.3 is 20.1 Å². The summed E-state index contributed by atoms with van der Waals surface area (Å²) in [5, 5.41) is 15.1. The molecule has 1 atom stereocenters. The molecule has 0 aliphatic rings. The first-order valence-electron chi connectivity index (χ1n) is 11.4. The largest absolute Gasteiger partial charge is 0.497 e. The minimum Gasteiger partial charge on any atom is -0.497 e. The van der Waals surface area contributed by atoms with Crippen LogP contribution < -0.4 is 15.4 Å². The summed E-state index contributed by atoms with van der Waals surface area (Å²) in [4.78, 5) is 12.5. The summed E-state index contributed by atoms with van der Waals surface area (Å²) in [6.07, 6.45) is -0.495. The lowest BCUT2D eigenvalue weighted by Gasteiger charge is -2.18. The molecule has 4 aromatic rings. The lowest BCUT2D eigenvalue weighted by molar-refractivity contribution is 0.136. The van der Waals surface area contributed by atoms with Gasteiger partial charge in [-0.3, -0.25) is 0 Å². The van der Waals surface area contributed by atoms with Gasteiger partial charge in [-0.15, -0.1) is 10.2 Å². The molecule has 1 heterocycles. The molecule has 4 rings (SSSR count). The Bertz CT molecular complexity index is 1230. The van der Waals surface area contributed by atoms with Gasteiger partial charge in [-0.2, -0.15) is 0 Å². The first-order valence-corrected chi connectivity index (χ1v) is 11.4. The zero-order valence-corrected chi connectivity index (χ0v) is 19.8. The number of methoxy groups -OCH3 is 1. The van der Waals surface area contributed by atoms with E-state index in [4.69, 9.17) is 9.47 Å². The van der Waals surface area contributed by atoms with E-state index in [0.29, 0.717) is 18.1 Å². The van der Waals surface area contributed by atoms with Crippen LogP contribution >= 0.6 is 0 Å². The van der Waals surface area contributed by atoms with Crippen LogP contribution in [-0.4, -0.2) is 23.4 Å². The monoisotopic (exact) mass is 468 g/mol. The molecular formula is C28H28N4O3. The molecule has 35 heavy (non-hydrogen) atoms. The van der Waals surface area contributed by atoms with E-state index in [0.717, 1.165) is 28.0 Å². The smallest absolute Gasteiger partial charge is 0.407 e. The Balaban J connectivity index is 1.49. The molecule has 7 heteroatoms. The molecule has 0 radical (unpaired) electrons. The van der Waals surface area contributed by atoms with E-state index in [9.17, 15) is 4.79 Å². The Hall–Kier alpha value is -4.39. The molecular weight excluding hydrogens is 440 g/mol. The Morgan fingerprint density at radius 1 is 0.886 bits per heavy atom. The second-order valence-electron chi connectivity index (χ2n) is 8.03. The van der Waals surface area contributed by atoms with E-state index in [-0.39, 0.29) is 12.6 Å². The molecule has 0 aliphatic carbocycles. The van der Waals surface area contributed by atoms with Crippen molar-refractivity contribution in [2.24, 2.45) is 0 Å². The number of carbonyl (C=O) groups excluding carboxylic acids is 1. The van der Waals surface area contributed by atoms with Gasteiger partial charge in [-0.05, 0) is 36.2 Å². The Morgan fingerprint density at radius 3 is 2.26 bits per heavy atom. The van der Waals surface area contributed by atoms with E-state index in [1.165, 1.54) is 0 Å². The van der Waals surface area contributed by atoms with Crippen LogP contribution in [-0.2, 0) is 17.9 Å². The highest BCUT2D eigenvalue weighted by Gasteiger charge is 2.18. The van der Waals surface area contributed by atoms with Crippen LogP contribution in [0.1, 0.15) is 29.7 Å². The van der Waals surface area contributed by atoms with E-state index >= 15 is 0 Å². The quantitative estimate of drug-likeness (QED) is 0.325. The van der Waals surface area contributed by atoms with Gasteiger partial charge in [0.05, 0.1) is 18.8 Å². The highest BCUT2D eigenvalue weighted by molar-refractivity contribution is 5.70. The standard InChI is InChI=1S/C28H28N4O3/c1-20(30-28(33)35-19-22-9-5-3-6-10-22)25-17-26(29-18-21-13-15-24(34-2)16-14-21)31-32-27(25)23-11-7-4-8-12-23/h3-17,20H,18-19H2,1-2H3,(H,29,31)(H,30,33). The number of rotatable bonds is 9. The number of alkyl carbamates (subject to hydrolysis) is 1. The highest BCUT2D eigenvalue weighted by atomic mass is 16.5. The van der Waals surface area contributed by atoms with Crippen LogP contribution in [0.3, 0.4) is 0 Å². The number of nitrogens with one attached hydrogen (secondary N) is 2. The van der Waals surface area contributed by atoms with Gasteiger partial charge in [-0.25, -0.2) is 4.79 Å². The fourth-order valence-electron chi connectivity index (χ4n) is 3.60. The minimum atomic E-state index is -0.495. The third-order valence-corrected chi connectivity index (χ3v) is 5.52. The number of nitrogens with zero attached hydrogens (tertiary/aromatic N) is 2. The third kappa shape index (κ3) is 6.57. The van der Waals surface area contributed by atoms with Crippen LogP contribution in [0, 0.1) is 0 Å². The van der Waals surface area contributed by atoms with Crippen molar-refractivity contribution in [3.63, 3.8) is 0 Å². The number of ether oxygens (including phenoxy) is 2. The summed E-state index contributed by atoms with van der Waals surface area (Å²) in [5.74, 6) is 1.42. The number of carbonyl (C=O) groups is 1. The van der Waals surface area contributed by atoms with Crippen molar-refractivity contribution in [1.82, 2.24) is 15.5 Å². The molecule has 7 nitrogen and oxygen atoms in total. The number of amides is 1. The van der Waals surface area contributed by atoms with Crippen LogP contribution in [0.15, 0.2) is 91.0 Å². The molecule has 0 aliphatic heterocycles. The number of aromatic nitrogens is 2. The second kappa shape index (κ2) is 11.7. The van der Waals surface area contributed by atoms with Crippen molar-refractivity contribution >= 4 is 11.9 Å². The molecule has 0 saturated heterocycles. The number of hydrogen-bond acceptors (Lipinski definition) is 6. The fourth-order valence-corrected chi connectivity index (χ4v) is 3.60. The van der Waals surface area contributed by atoms with Gasteiger partial charge in [0.25, 0.3) is 0 Å². The summed E-state index contributed by atoms with van der Waals surface area (Å²) < 4.78 is 10.6. The van der Waals surface area contributed by atoms with E-state index in [2.05, 4.69) is 20.8 Å². The lowest BCUT2D eigenvalue weighted by atomic mass is 10.0. The lowest BCUT2D eigenvalue weighted by Crippen LogP contribution is -2.28. The number of benzene rings is 3. The summed E-state index contributed by atoms with van der Waals surface area (Å²) >= 11 is 0.